The Bertz CT molecular complexity index is 956. The van der Waals surface area contributed by atoms with E-state index in [1.807, 2.05) is 47.4 Å². The van der Waals surface area contributed by atoms with Gasteiger partial charge in [0.15, 0.2) is 0 Å². The summed E-state index contributed by atoms with van der Waals surface area (Å²) in [5.74, 6) is 0.171. The zero-order chi connectivity index (χ0) is 20.1. The summed E-state index contributed by atoms with van der Waals surface area (Å²) in [6.45, 7) is 1.98. The number of carbonyl (C=O) groups excluding carboxylic acids is 2. The van der Waals surface area contributed by atoms with E-state index in [-0.39, 0.29) is 17.7 Å². The first-order chi connectivity index (χ1) is 14.2. The molecule has 1 aromatic heterocycles. The van der Waals surface area contributed by atoms with Crippen molar-refractivity contribution in [2.45, 2.75) is 12.8 Å². The summed E-state index contributed by atoms with van der Waals surface area (Å²) in [6.07, 6.45) is 1.95. The number of hydrogen-bond donors (Lipinski definition) is 1. The molecular weight excluding hydrogens is 382 g/mol. The van der Waals surface area contributed by atoms with Crippen molar-refractivity contribution >= 4 is 23.2 Å². The van der Waals surface area contributed by atoms with Crippen LogP contribution < -0.4 is 5.32 Å². The summed E-state index contributed by atoms with van der Waals surface area (Å²) in [7, 11) is 0. The molecule has 29 heavy (non-hydrogen) atoms. The molecule has 2 heterocycles. The minimum absolute atomic E-state index is 0.0150. The van der Waals surface area contributed by atoms with Gasteiger partial charge in [-0.15, -0.1) is 11.3 Å². The normalized spacial score (nSPS) is 16.4. The van der Waals surface area contributed by atoms with Crippen LogP contribution in [0.5, 0.6) is 0 Å². The number of benzene rings is 2. The maximum atomic E-state index is 12.5. The highest BCUT2D eigenvalue weighted by molar-refractivity contribution is 7.07. The van der Waals surface area contributed by atoms with E-state index in [0.29, 0.717) is 24.3 Å². The molecule has 2 aromatic carbocycles. The molecule has 5 nitrogen and oxygen atoms in total. The maximum absolute atomic E-state index is 12.5. The summed E-state index contributed by atoms with van der Waals surface area (Å²) >= 11 is 1.43. The Kier molecular flexibility index (Phi) is 6.00. The van der Waals surface area contributed by atoms with Gasteiger partial charge < -0.3 is 10.2 Å². The molecule has 1 aliphatic heterocycles. The van der Waals surface area contributed by atoms with Crippen LogP contribution in [0.15, 0.2) is 65.5 Å². The third-order valence-corrected chi connectivity index (χ3v) is 5.85. The topological polar surface area (TPSA) is 62.3 Å². The second-order valence-corrected chi connectivity index (χ2v) is 8.01. The number of hydrogen-bond acceptors (Lipinski definition) is 4. The lowest BCUT2D eigenvalue weighted by molar-refractivity contribution is 0.0666. The van der Waals surface area contributed by atoms with E-state index in [1.165, 1.54) is 11.3 Å². The third-order valence-electron chi connectivity index (χ3n) is 5.26. The number of nitrogens with one attached hydrogen (secondary N) is 1. The summed E-state index contributed by atoms with van der Waals surface area (Å²) in [5.41, 5.74) is 5.06. The van der Waals surface area contributed by atoms with Gasteiger partial charge in [0.25, 0.3) is 11.8 Å². The van der Waals surface area contributed by atoms with Crippen molar-refractivity contribution < 1.29 is 9.59 Å². The van der Waals surface area contributed by atoms with Gasteiger partial charge in [-0.3, -0.25) is 9.59 Å². The molecular formula is C23H23N3O2S. The van der Waals surface area contributed by atoms with Crippen molar-refractivity contribution in [3.8, 4) is 11.1 Å². The van der Waals surface area contributed by atoms with Crippen LogP contribution in [0.3, 0.4) is 0 Å². The highest BCUT2D eigenvalue weighted by atomic mass is 32.1. The standard InChI is InChI=1S/C23H23N3O2S/c27-22(20-10-8-19(9-11-20)18-6-2-1-3-7-18)24-13-17-5-4-12-26(14-17)23(28)21-15-29-16-25-21/h1-3,6-11,15-17H,4-5,12-14H2,(H,24,27)/t17-/m0/s1. The van der Waals surface area contributed by atoms with Crippen molar-refractivity contribution in [3.05, 3.63) is 76.7 Å². The van der Waals surface area contributed by atoms with Gasteiger partial charge in [-0.2, -0.15) is 0 Å². The first-order valence-corrected chi connectivity index (χ1v) is 10.8. The third kappa shape index (κ3) is 4.71. The largest absolute Gasteiger partial charge is 0.352 e. The fraction of sp³-hybridized carbons (Fsp3) is 0.261. The molecule has 1 aliphatic rings. The Morgan fingerprint density at radius 1 is 1.07 bits per heavy atom. The number of piperidine rings is 1. The fourth-order valence-corrected chi connectivity index (χ4v) is 4.21. The van der Waals surface area contributed by atoms with E-state index in [0.717, 1.165) is 30.5 Å². The van der Waals surface area contributed by atoms with Crippen LogP contribution in [0, 0.1) is 5.92 Å². The highest BCUT2D eigenvalue weighted by Crippen LogP contribution is 2.20. The summed E-state index contributed by atoms with van der Waals surface area (Å²) in [6, 6.07) is 17.8. The molecule has 0 radical (unpaired) electrons. The number of rotatable bonds is 5. The molecule has 2 amide bonds. The lowest BCUT2D eigenvalue weighted by Gasteiger charge is -2.32. The van der Waals surface area contributed by atoms with Gasteiger partial charge >= 0.3 is 0 Å². The molecule has 1 saturated heterocycles. The molecule has 0 saturated carbocycles. The van der Waals surface area contributed by atoms with Crippen LogP contribution in [0.1, 0.15) is 33.7 Å². The minimum Gasteiger partial charge on any atom is -0.352 e. The minimum atomic E-state index is -0.0763. The predicted molar refractivity (Wildman–Crippen MR) is 115 cm³/mol. The van der Waals surface area contributed by atoms with Crippen molar-refractivity contribution in [3.63, 3.8) is 0 Å². The van der Waals surface area contributed by atoms with Crippen molar-refractivity contribution in [1.29, 1.82) is 0 Å². The summed E-state index contributed by atoms with van der Waals surface area (Å²) in [4.78, 5) is 31.0. The molecule has 0 unspecified atom stereocenters. The number of thiazole rings is 1. The molecule has 3 aromatic rings. The average molecular weight is 406 g/mol. The SMILES string of the molecule is O=C(NC[C@@H]1CCCN(C(=O)c2cscn2)C1)c1ccc(-c2ccccc2)cc1. The van der Waals surface area contributed by atoms with Gasteiger partial charge in [-0.05, 0) is 42.0 Å². The van der Waals surface area contributed by atoms with Crippen LogP contribution in [-0.2, 0) is 0 Å². The van der Waals surface area contributed by atoms with Gasteiger partial charge in [-0.1, -0.05) is 42.5 Å². The Hall–Kier alpha value is -2.99. The summed E-state index contributed by atoms with van der Waals surface area (Å²) in [5, 5.41) is 4.82. The lowest BCUT2D eigenvalue weighted by atomic mass is 9.97. The van der Waals surface area contributed by atoms with Gasteiger partial charge in [0, 0.05) is 30.6 Å². The quantitative estimate of drug-likeness (QED) is 0.695. The van der Waals surface area contributed by atoms with Crippen LogP contribution in [0.4, 0.5) is 0 Å². The molecule has 0 spiro atoms. The predicted octanol–water partition coefficient (Wildman–Crippen LogP) is 4.09. The zero-order valence-corrected chi connectivity index (χ0v) is 16.9. The molecule has 6 heteroatoms. The molecule has 0 bridgehead atoms. The Morgan fingerprint density at radius 3 is 2.55 bits per heavy atom. The monoisotopic (exact) mass is 405 g/mol. The van der Waals surface area contributed by atoms with Gasteiger partial charge in [0.1, 0.15) is 5.69 Å². The van der Waals surface area contributed by atoms with E-state index in [4.69, 9.17) is 0 Å². The van der Waals surface area contributed by atoms with E-state index >= 15 is 0 Å². The Labute approximate surface area is 174 Å². The Morgan fingerprint density at radius 2 is 1.83 bits per heavy atom. The van der Waals surface area contributed by atoms with Gasteiger partial charge in [-0.25, -0.2) is 4.98 Å². The molecule has 1 atom stereocenters. The van der Waals surface area contributed by atoms with Crippen LogP contribution >= 0.6 is 11.3 Å². The first kappa shape index (κ1) is 19.3. The summed E-state index contributed by atoms with van der Waals surface area (Å²) < 4.78 is 0. The van der Waals surface area contributed by atoms with E-state index < -0.39 is 0 Å². The maximum Gasteiger partial charge on any atom is 0.273 e. The molecule has 4 rings (SSSR count). The fourth-order valence-electron chi connectivity index (χ4n) is 3.68. The second-order valence-electron chi connectivity index (χ2n) is 7.29. The van der Waals surface area contributed by atoms with Crippen molar-refractivity contribution in [2.24, 2.45) is 5.92 Å². The molecule has 1 fully saturated rings. The lowest BCUT2D eigenvalue weighted by Crippen LogP contribution is -2.43. The van der Waals surface area contributed by atoms with E-state index in [2.05, 4.69) is 22.4 Å². The second kappa shape index (κ2) is 9.01. The number of amides is 2. The van der Waals surface area contributed by atoms with Gasteiger partial charge in [0.2, 0.25) is 0 Å². The van der Waals surface area contributed by atoms with Crippen LogP contribution in [0.2, 0.25) is 0 Å². The van der Waals surface area contributed by atoms with Crippen LogP contribution in [-0.4, -0.2) is 41.3 Å². The number of likely N-dealkylation sites (tertiary alicyclic amines) is 1. The zero-order valence-electron chi connectivity index (χ0n) is 16.1. The van der Waals surface area contributed by atoms with E-state index in [1.54, 1.807) is 10.9 Å². The molecule has 1 N–H and O–H groups in total. The van der Waals surface area contributed by atoms with E-state index in [9.17, 15) is 9.59 Å². The van der Waals surface area contributed by atoms with Crippen molar-refractivity contribution in [1.82, 2.24) is 15.2 Å². The Balaban J connectivity index is 1.31. The highest BCUT2D eigenvalue weighted by Gasteiger charge is 2.25. The number of aromatic nitrogens is 1. The first-order valence-electron chi connectivity index (χ1n) is 9.82. The molecule has 0 aliphatic carbocycles. The smallest absolute Gasteiger partial charge is 0.273 e. The van der Waals surface area contributed by atoms with Gasteiger partial charge in [0.05, 0.1) is 5.51 Å². The van der Waals surface area contributed by atoms with Crippen molar-refractivity contribution in [2.75, 3.05) is 19.6 Å². The average Bonchev–Trinajstić information content (AvgIpc) is 3.33. The molecule has 148 valence electrons. The number of carbonyl (C=O) groups is 2. The number of nitrogens with zero attached hydrogens (tertiary/aromatic N) is 2. The van der Waals surface area contributed by atoms with Crippen LogP contribution in [0.25, 0.3) is 11.1 Å².